The van der Waals surface area contributed by atoms with E-state index in [0.29, 0.717) is 5.25 Å². The van der Waals surface area contributed by atoms with Gasteiger partial charge in [-0.25, -0.2) is 0 Å². The van der Waals surface area contributed by atoms with E-state index in [4.69, 9.17) is 4.99 Å². The van der Waals surface area contributed by atoms with Gasteiger partial charge in [-0.15, -0.1) is 0 Å². The molecule has 3 atom stereocenters. The number of non-ortho nitro benzene ring substituents is 1. The Labute approximate surface area is 172 Å². The first-order chi connectivity index (χ1) is 14.1. The molecule has 0 spiro atoms. The van der Waals surface area contributed by atoms with Crippen LogP contribution in [0.1, 0.15) is 30.4 Å². The SMILES string of the molecule is C[C@H]1CN2C(=N[C@@H](c3ccccn3)[C@@H]2c2cccn2-c2cccc([N+](=O)[O-])c2)S1. The van der Waals surface area contributed by atoms with Crippen LogP contribution in [-0.2, 0) is 0 Å². The van der Waals surface area contributed by atoms with E-state index in [0.717, 1.165) is 28.8 Å². The summed E-state index contributed by atoms with van der Waals surface area (Å²) in [5, 5.41) is 12.8. The molecule has 1 aromatic carbocycles. The van der Waals surface area contributed by atoms with Gasteiger partial charge in [-0.1, -0.05) is 30.8 Å². The maximum absolute atomic E-state index is 11.2. The Morgan fingerprint density at radius 3 is 2.86 bits per heavy atom. The number of fused-ring (bicyclic) bond motifs is 1. The number of benzene rings is 1. The number of hydrogen-bond donors (Lipinski definition) is 0. The van der Waals surface area contributed by atoms with E-state index in [1.807, 2.05) is 41.1 Å². The molecule has 3 aromatic rings. The molecule has 1 saturated heterocycles. The molecule has 0 saturated carbocycles. The van der Waals surface area contributed by atoms with Gasteiger partial charge in [0.15, 0.2) is 5.17 Å². The number of nitro groups is 1. The van der Waals surface area contributed by atoms with Crippen molar-refractivity contribution in [2.24, 2.45) is 4.99 Å². The molecule has 0 aliphatic carbocycles. The van der Waals surface area contributed by atoms with Gasteiger partial charge in [0.25, 0.3) is 5.69 Å². The van der Waals surface area contributed by atoms with Gasteiger partial charge < -0.3 is 9.47 Å². The van der Waals surface area contributed by atoms with E-state index < -0.39 is 0 Å². The minimum atomic E-state index is -0.362. The van der Waals surface area contributed by atoms with Crippen LogP contribution in [0.4, 0.5) is 5.69 Å². The smallest absolute Gasteiger partial charge is 0.271 e. The van der Waals surface area contributed by atoms with Gasteiger partial charge in [0, 0.05) is 42.0 Å². The normalized spacial score (nSPS) is 23.1. The maximum Gasteiger partial charge on any atom is 0.271 e. The van der Waals surface area contributed by atoms with E-state index in [1.54, 1.807) is 30.1 Å². The number of aromatic nitrogens is 2. The van der Waals surface area contributed by atoms with Crippen LogP contribution >= 0.6 is 11.8 Å². The van der Waals surface area contributed by atoms with Gasteiger partial charge in [-0.2, -0.15) is 0 Å². The summed E-state index contributed by atoms with van der Waals surface area (Å²) in [6, 6.07) is 16.6. The minimum absolute atomic E-state index is 0.00777. The summed E-state index contributed by atoms with van der Waals surface area (Å²) in [6.07, 6.45) is 3.75. The summed E-state index contributed by atoms with van der Waals surface area (Å²) in [7, 11) is 0. The molecule has 0 amide bonds. The molecule has 0 bridgehead atoms. The standard InChI is InChI=1S/C21H19N5O2S/c1-14-13-25-20(19(23-21(25)29-14)17-8-2-3-10-22-17)18-9-5-11-24(18)15-6-4-7-16(12-15)26(27)28/h2-12,14,19-20H,13H2,1H3/t14-,19-,20-/m0/s1. The van der Waals surface area contributed by atoms with Crippen molar-refractivity contribution in [3.8, 4) is 5.69 Å². The van der Waals surface area contributed by atoms with E-state index in [9.17, 15) is 10.1 Å². The van der Waals surface area contributed by atoms with Crippen LogP contribution in [0.5, 0.6) is 0 Å². The van der Waals surface area contributed by atoms with Crippen molar-refractivity contribution in [1.29, 1.82) is 0 Å². The molecule has 2 aromatic heterocycles. The quantitative estimate of drug-likeness (QED) is 0.476. The zero-order valence-electron chi connectivity index (χ0n) is 15.8. The van der Waals surface area contributed by atoms with Gasteiger partial charge in [0.2, 0.25) is 0 Å². The van der Waals surface area contributed by atoms with Crippen LogP contribution in [0.2, 0.25) is 0 Å². The Bertz CT molecular complexity index is 1100. The van der Waals surface area contributed by atoms with Crippen molar-refractivity contribution < 1.29 is 4.92 Å². The van der Waals surface area contributed by atoms with Gasteiger partial charge >= 0.3 is 0 Å². The second kappa shape index (κ2) is 7.04. The minimum Gasteiger partial charge on any atom is -0.339 e. The lowest BCUT2D eigenvalue weighted by Gasteiger charge is -2.28. The van der Waals surface area contributed by atoms with Gasteiger partial charge in [0.05, 0.1) is 22.3 Å². The third-order valence-electron chi connectivity index (χ3n) is 5.28. The molecule has 2 aliphatic rings. The molecule has 0 unspecified atom stereocenters. The third kappa shape index (κ3) is 3.09. The molecule has 7 nitrogen and oxygen atoms in total. The lowest BCUT2D eigenvalue weighted by molar-refractivity contribution is -0.384. The lowest BCUT2D eigenvalue weighted by Crippen LogP contribution is -2.30. The summed E-state index contributed by atoms with van der Waals surface area (Å²) in [5.74, 6) is 0. The molecular weight excluding hydrogens is 386 g/mol. The molecule has 4 heterocycles. The number of amidine groups is 1. The van der Waals surface area contributed by atoms with Gasteiger partial charge in [-0.05, 0) is 30.3 Å². The van der Waals surface area contributed by atoms with E-state index in [-0.39, 0.29) is 22.7 Å². The highest BCUT2D eigenvalue weighted by atomic mass is 32.2. The molecule has 5 rings (SSSR count). The second-order valence-corrected chi connectivity index (χ2v) is 8.62. The average Bonchev–Trinajstić information content (AvgIpc) is 3.42. The molecule has 1 fully saturated rings. The summed E-state index contributed by atoms with van der Waals surface area (Å²) in [6.45, 7) is 3.12. The summed E-state index contributed by atoms with van der Waals surface area (Å²) < 4.78 is 2.03. The lowest BCUT2D eigenvalue weighted by atomic mass is 10.0. The first kappa shape index (κ1) is 17.9. The van der Waals surface area contributed by atoms with E-state index >= 15 is 0 Å². The van der Waals surface area contributed by atoms with Crippen LogP contribution in [0.3, 0.4) is 0 Å². The van der Waals surface area contributed by atoms with Crippen LogP contribution in [0.25, 0.3) is 5.69 Å². The van der Waals surface area contributed by atoms with E-state index in [1.165, 1.54) is 6.07 Å². The Morgan fingerprint density at radius 1 is 1.17 bits per heavy atom. The summed E-state index contributed by atoms with van der Waals surface area (Å²) in [5.41, 5.74) is 2.83. The number of nitrogens with zero attached hydrogens (tertiary/aromatic N) is 5. The number of thioether (sulfide) groups is 1. The van der Waals surface area contributed by atoms with Crippen LogP contribution in [0, 0.1) is 10.1 Å². The highest BCUT2D eigenvalue weighted by Crippen LogP contribution is 2.47. The second-order valence-electron chi connectivity index (χ2n) is 7.22. The highest BCUT2D eigenvalue weighted by molar-refractivity contribution is 8.14. The molecule has 8 heteroatoms. The van der Waals surface area contributed by atoms with Gasteiger partial charge in [0.1, 0.15) is 6.04 Å². The fraction of sp³-hybridized carbons (Fsp3) is 0.238. The molecule has 0 radical (unpaired) electrons. The van der Waals surface area contributed by atoms with Crippen molar-refractivity contribution >= 4 is 22.6 Å². The predicted octanol–water partition coefficient (Wildman–Crippen LogP) is 4.37. The van der Waals surface area contributed by atoms with Crippen molar-refractivity contribution in [2.45, 2.75) is 24.3 Å². The Hall–Kier alpha value is -3.13. The van der Waals surface area contributed by atoms with Crippen molar-refractivity contribution in [3.05, 3.63) is 88.5 Å². The van der Waals surface area contributed by atoms with Crippen LogP contribution in [0.15, 0.2) is 72.0 Å². The monoisotopic (exact) mass is 405 g/mol. The van der Waals surface area contributed by atoms with Crippen molar-refractivity contribution in [1.82, 2.24) is 14.5 Å². The van der Waals surface area contributed by atoms with E-state index in [2.05, 4.69) is 22.9 Å². The topological polar surface area (TPSA) is 76.6 Å². The maximum atomic E-state index is 11.2. The highest BCUT2D eigenvalue weighted by Gasteiger charge is 2.44. The number of rotatable bonds is 4. The average molecular weight is 405 g/mol. The van der Waals surface area contributed by atoms with Gasteiger partial charge in [-0.3, -0.25) is 20.1 Å². The molecule has 2 aliphatic heterocycles. The number of nitro benzene ring substituents is 1. The number of aliphatic imine (C=N–C) groups is 1. The largest absolute Gasteiger partial charge is 0.339 e. The zero-order valence-corrected chi connectivity index (χ0v) is 16.6. The third-order valence-corrected chi connectivity index (χ3v) is 6.39. The predicted molar refractivity (Wildman–Crippen MR) is 113 cm³/mol. The summed E-state index contributed by atoms with van der Waals surface area (Å²) >= 11 is 1.79. The van der Waals surface area contributed by atoms with Crippen molar-refractivity contribution in [2.75, 3.05) is 6.54 Å². The van der Waals surface area contributed by atoms with Crippen LogP contribution < -0.4 is 0 Å². The van der Waals surface area contributed by atoms with Crippen LogP contribution in [-0.4, -0.2) is 36.3 Å². The molecule has 29 heavy (non-hydrogen) atoms. The molecular formula is C21H19N5O2S. The number of hydrogen-bond acceptors (Lipinski definition) is 6. The fourth-order valence-corrected chi connectivity index (χ4v) is 5.16. The fourth-order valence-electron chi connectivity index (χ4n) is 4.06. The first-order valence-corrected chi connectivity index (χ1v) is 10.3. The number of pyridine rings is 1. The van der Waals surface area contributed by atoms with Crippen molar-refractivity contribution in [3.63, 3.8) is 0 Å². The Kier molecular flexibility index (Phi) is 4.35. The first-order valence-electron chi connectivity index (χ1n) is 9.46. The Morgan fingerprint density at radius 2 is 2.07 bits per heavy atom. The zero-order chi connectivity index (χ0) is 20.0. The molecule has 0 N–H and O–H groups in total. The Balaban J connectivity index is 1.60. The molecule has 146 valence electrons. The summed E-state index contributed by atoms with van der Waals surface area (Å²) in [4.78, 5) is 22.8.